The van der Waals surface area contributed by atoms with Crippen LogP contribution in [-0.2, 0) is 6.54 Å². The molecule has 0 amide bonds. The van der Waals surface area contributed by atoms with Crippen molar-refractivity contribution in [3.05, 3.63) is 47.8 Å². The van der Waals surface area contributed by atoms with E-state index in [0.29, 0.717) is 18.0 Å². The van der Waals surface area contributed by atoms with E-state index in [4.69, 9.17) is 5.73 Å². The molecule has 2 heterocycles. The molecule has 6 heteroatoms. The maximum atomic E-state index is 5.61. The van der Waals surface area contributed by atoms with Crippen LogP contribution in [0.3, 0.4) is 0 Å². The van der Waals surface area contributed by atoms with Gasteiger partial charge in [-0.25, -0.2) is 0 Å². The number of aryl methyl sites for hydroxylation is 1. The molecule has 2 N–H and O–H groups in total. The van der Waals surface area contributed by atoms with Gasteiger partial charge in [0, 0.05) is 5.56 Å². The van der Waals surface area contributed by atoms with E-state index in [1.54, 1.807) is 4.52 Å². The molecular formula is C13H14ClN5. The molecule has 1 aromatic carbocycles. The first-order chi connectivity index (χ1) is 8.78. The summed E-state index contributed by atoms with van der Waals surface area (Å²) in [5, 5.41) is 12.5. The summed E-state index contributed by atoms with van der Waals surface area (Å²) in [6.45, 7) is 2.39. The van der Waals surface area contributed by atoms with Crippen molar-refractivity contribution in [3.63, 3.8) is 0 Å². The van der Waals surface area contributed by atoms with Crippen molar-refractivity contribution in [1.29, 1.82) is 0 Å². The topological polar surface area (TPSA) is 69.1 Å². The summed E-state index contributed by atoms with van der Waals surface area (Å²) < 4.78 is 1.69. The maximum absolute atomic E-state index is 5.61. The molecule has 0 aliphatic carbocycles. The number of aromatic nitrogens is 4. The van der Waals surface area contributed by atoms with Crippen LogP contribution in [0.25, 0.3) is 16.9 Å². The average Bonchev–Trinajstić information content (AvgIpc) is 2.81. The third-order valence-electron chi connectivity index (χ3n) is 2.86. The van der Waals surface area contributed by atoms with Gasteiger partial charge in [-0.05, 0) is 19.1 Å². The minimum atomic E-state index is 0. The van der Waals surface area contributed by atoms with Gasteiger partial charge in [0.25, 0.3) is 0 Å². The number of fused-ring (bicyclic) bond motifs is 1. The Labute approximate surface area is 116 Å². The monoisotopic (exact) mass is 275 g/mol. The lowest BCUT2D eigenvalue weighted by molar-refractivity contribution is 0.811. The molecule has 3 rings (SSSR count). The second-order valence-electron chi connectivity index (χ2n) is 4.17. The van der Waals surface area contributed by atoms with E-state index in [0.717, 1.165) is 11.3 Å². The van der Waals surface area contributed by atoms with Crippen LogP contribution >= 0.6 is 12.4 Å². The van der Waals surface area contributed by atoms with E-state index in [9.17, 15) is 0 Å². The zero-order valence-corrected chi connectivity index (χ0v) is 11.3. The molecule has 0 saturated heterocycles. The number of hydrogen-bond acceptors (Lipinski definition) is 4. The number of hydrogen-bond donors (Lipinski definition) is 1. The second kappa shape index (κ2) is 5.34. The highest BCUT2D eigenvalue weighted by molar-refractivity contribution is 5.85. The van der Waals surface area contributed by atoms with Crippen molar-refractivity contribution in [2.24, 2.45) is 5.73 Å². The first-order valence-corrected chi connectivity index (χ1v) is 5.76. The van der Waals surface area contributed by atoms with Crippen LogP contribution in [-0.4, -0.2) is 19.8 Å². The SMILES string of the molecule is Cc1ccc(-c2ccc3nnc(CN)n3n2)cc1.Cl. The predicted molar refractivity (Wildman–Crippen MR) is 76.1 cm³/mol. The summed E-state index contributed by atoms with van der Waals surface area (Å²) in [6, 6.07) is 12.1. The van der Waals surface area contributed by atoms with Gasteiger partial charge in [0.05, 0.1) is 12.2 Å². The Kier molecular flexibility index (Phi) is 3.78. The Balaban J connectivity index is 0.00000133. The van der Waals surface area contributed by atoms with Gasteiger partial charge in [-0.15, -0.1) is 22.6 Å². The quantitative estimate of drug-likeness (QED) is 0.776. The van der Waals surface area contributed by atoms with Crippen molar-refractivity contribution >= 4 is 18.1 Å². The summed E-state index contributed by atoms with van der Waals surface area (Å²) in [4.78, 5) is 0. The minimum absolute atomic E-state index is 0. The molecule has 0 atom stereocenters. The summed E-state index contributed by atoms with van der Waals surface area (Å²) in [5.41, 5.74) is 9.50. The van der Waals surface area contributed by atoms with Crippen molar-refractivity contribution in [3.8, 4) is 11.3 Å². The largest absolute Gasteiger partial charge is 0.324 e. The first kappa shape index (κ1) is 13.5. The van der Waals surface area contributed by atoms with Crippen LogP contribution in [0.5, 0.6) is 0 Å². The van der Waals surface area contributed by atoms with Gasteiger partial charge in [0.2, 0.25) is 0 Å². The maximum Gasteiger partial charge on any atom is 0.177 e. The molecule has 0 unspecified atom stereocenters. The van der Waals surface area contributed by atoms with Gasteiger partial charge in [0.15, 0.2) is 11.5 Å². The molecule has 0 radical (unpaired) electrons. The normalized spacial score (nSPS) is 10.4. The summed E-state index contributed by atoms with van der Waals surface area (Å²) in [7, 11) is 0. The zero-order chi connectivity index (χ0) is 12.5. The Bertz CT molecular complexity index is 690. The summed E-state index contributed by atoms with van der Waals surface area (Å²) >= 11 is 0. The van der Waals surface area contributed by atoms with E-state index >= 15 is 0 Å². The molecule has 2 aromatic heterocycles. The van der Waals surface area contributed by atoms with E-state index in [2.05, 4.69) is 46.5 Å². The second-order valence-corrected chi connectivity index (χ2v) is 4.17. The van der Waals surface area contributed by atoms with E-state index in [1.807, 2.05) is 12.1 Å². The van der Waals surface area contributed by atoms with Crippen molar-refractivity contribution in [2.75, 3.05) is 0 Å². The van der Waals surface area contributed by atoms with Gasteiger partial charge in [-0.3, -0.25) is 0 Å². The van der Waals surface area contributed by atoms with Crippen molar-refractivity contribution < 1.29 is 0 Å². The van der Waals surface area contributed by atoms with Crippen LogP contribution < -0.4 is 5.73 Å². The lowest BCUT2D eigenvalue weighted by atomic mass is 10.1. The third-order valence-corrected chi connectivity index (χ3v) is 2.86. The number of nitrogens with two attached hydrogens (primary N) is 1. The van der Waals surface area contributed by atoms with Crippen LogP contribution in [0.1, 0.15) is 11.4 Å². The number of rotatable bonds is 2. The number of benzene rings is 1. The average molecular weight is 276 g/mol. The van der Waals surface area contributed by atoms with Crippen molar-refractivity contribution in [2.45, 2.75) is 13.5 Å². The van der Waals surface area contributed by atoms with Gasteiger partial charge in [-0.1, -0.05) is 29.8 Å². The fraction of sp³-hybridized carbons (Fsp3) is 0.154. The molecule has 0 bridgehead atoms. The lowest BCUT2D eigenvalue weighted by Crippen LogP contribution is -2.05. The fourth-order valence-corrected chi connectivity index (χ4v) is 1.84. The minimum Gasteiger partial charge on any atom is -0.324 e. The molecule has 5 nitrogen and oxygen atoms in total. The fourth-order valence-electron chi connectivity index (χ4n) is 1.84. The molecule has 98 valence electrons. The Morgan fingerprint density at radius 1 is 1.05 bits per heavy atom. The Hall–Kier alpha value is -1.98. The van der Waals surface area contributed by atoms with Crippen molar-refractivity contribution in [1.82, 2.24) is 19.8 Å². The standard InChI is InChI=1S/C13H13N5.ClH/c1-9-2-4-10(5-3-9)11-6-7-12-15-16-13(8-14)18(12)17-11;/h2-7H,8,14H2,1H3;1H. The Morgan fingerprint density at radius 3 is 2.47 bits per heavy atom. The van der Waals surface area contributed by atoms with E-state index in [1.165, 1.54) is 5.56 Å². The molecule has 0 saturated carbocycles. The molecule has 0 spiro atoms. The third kappa shape index (κ3) is 2.43. The highest BCUT2D eigenvalue weighted by Crippen LogP contribution is 2.17. The number of halogens is 1. The molecule has 3 aromatic rings. The van der Waals surface area contributed by atoms with Gasteiger partial charge >= 0.3 is 0 Å². The van der Waals surface area contributed by atoms with Gasteiger partial charge < -0.3 is 5.73 Å². The molecule has 0 aliphatic rings. The highest BCUT2D eigenvalue weighted by Gasteiger charge is 2.06. The first-order valence-electron chi connectivity index (χ1n) is 5.76. The zero-order valence-electron chi connectivity index (χ0n) is 10.4. The highest BCUT2D eigenvalue weighted by atomic mass is 35.5. The van der Waals surface area contributed by atoms with Crippen LogP contribution in [0.2, 0.25) is 0 Å². The molecule has 0 fully saturated rings. The lowest BCUT2D eigenvalue weighted by Gasteiger charge is -2.02. The van der Waals surface area contributed by atoms with Gasteiger partial charge in [0.1, 0.15) is 0 Å². The predicted octanol–water partition coefficient (Wildman–Crippen LogP) is 1.98. The summed E-state index contributed by atoms with van der Waals surface area (Å²) in [6.07, 6.45) is 0. The Morgan fingerprint density at radius 2 is 1.79 bits per heavy atom. The van der Waals surface area contributed by atoms with E-state index < -0.39 is 0 Å². The van der Waals surface area contributed by atoms with Crippen LogP contribution in [0.15, 0.2) is 36.4 Å². The van der Waals surface area contributed by atoms with Gasteiger partial charge in [-0.2, -0.15) is 9.61 Å². The molecule has 0 aliphatic heterocycles. The molecule has 19 heavy (non-hydrogen) atoms. The van der Waals surface area contributed by atoms with Crippen LogP contribution in [0.4, 0.5) is 0 Å². The number of nitrogens with zero attached hydrogens (tertiary/aromatic N) is 4. The summed E-state index contributed by atoms with van der Waals surface area (Å²) in [5.74, 6) is 0.666. The van der Waals surface area contributed by atoms with E-state index in [-0.39, 0.29) is 12.4 Å². The van der Waals surface area contributed by atoms with Crippen LogP contribution in [0, 0.1) is 6.92 Å². The smallest absolute Gasteiger partial charge is 0.177 e. The molecular weight excluding hydrogens is 262 g/mol.